The van der Waals surface area contributed by atoms with Crippen LogP contribution in [-0.2, 0) is 4.79 Å². The number of rotatable bonds is 2. The number of nitrogens with zero attached hydrogens (tertiary/aromatic N) is 1. The van der Waals surface area contributed by atoms with Crippen LogP contribution in [0.5, 0.6) is 0 Å². The Morgan fingerprint density at radius 3 is 3.05 bits per heavy atom. The number of carbonyl (C=O) groups is 1. The summed E-state index contributed by atoms with van der Waals surface area (Å²) >= 11 is 0. The highest BCUT2D eigenvalue weighted by Gasteiger charge is 2.26. The van der Waals surface area contributed by atoms with Crippen LogP contribution in [0.1, 0.15) is 44.3 Å². The molecule has 1 aromatic heterocycles. The number of hydrogen-bond acceptors (Lipinski definition) is 2. The molecule has 0 spiro atoms. The Labute approximate surface area is 124 Å². The molecule has 2 atom stereocenters. The summed E-state index contributed by atoms with van der Waals surface area (Å²) in [5.41, 5.74) is 2.09. The van der Waals surface area contributed by atoms with Crippen molar-refractivity contribution in [3.63, 3.8) is 0 Å². The number of hydrogen-bond donors (Lipinski definition) is 2. The summed E-state index contributed by atoms with van der Waals surface area (Å²) in [5, 5.41) is 3.00. The molecule has 1 aliphatic rings. The van der Waals surface area contributed by atoms with E-state index in [-0.39, 0.29) is 11.9 Å². The van der Waals surface area contributed by atoms with Crippen molar-refractivity contribution in [1.29, 1.82) is 0 Å². The molecule has 1 aliphatic carbocycles. The Morgan fingerprint density at radius 1 is 1.38 bits per heavy atom. The third kappa shape index (κ3) is 3.08. The number of carbonyl (C=O) groups excluding carboxylic acids is 1. The number of aromatic nitrogens is 2. The lowest BCUT2D eigenvalue weighted by molar-refractivity contribution is -0.116. The van der Waals surface area contributed by atoms with Gasteiger partial charge in [-0.2, -0.15) is 0 Å². The number of imidazole rings is 1. The van der Waals surface area contributed by atoms with Crippen molar-refractivity contribution >= 4 is 16.9 Å². The van der Waals surface area contributed by atoms with Crippen molar-refractivity contribution in [2.45, 2.75) is 44.6 Å². The van der Waals surface area contributed by atoms with Crippen LogP contribution in [0.2, 0.25) is 0 Å². The van der Waals surface area contributed by atoms with Gasteiger partial charge < -0.3 is 10.3 Å². The molecule has 1 saturated carbocycles. The topological polar surface area (TPSA) is 57.8 Å². The quantitative estimate of drug-likeness (QED) is 0.832. The Balaban J connectivity index is 1.72. The van der Waals surface area contributed by atoms with Crippen molar-refractivity contribution in [1.82, 2.24) is 15.3 Å². The molecule has 0 saturated heterocycles. The Hall–Kier alpha value is -2.28. The Bertz CT molecular complexity index is 674. The maximum Gasteiger partial charge on any atom is 0.296 e. The molecule has 1 heterocycles. The van der Waals surface area contributed by atoms with Gasteiger partial charge in [-0.15, -0.1) is 0 Å². The van der Waals surface area contributed by atoms with E-state index in [1.165, 1.54) is 0 Å². The van der Waals surface area contributed by atoms with Crippen LogP contribution in [0.4, 0.5) is 0 Å². The van der Waals surface area contributed by atoms with Gasteiger partial charge >= 0.3 is 0 Å². The summed E-state index contributed by atoms with van der Waals surface area (Å²) in [6.07, 6.45) is 4.17. The van der Waals surface area contributed by atoms with Gasteiger partial charge in [0.15, 0.2) is 0 Å². The minimum absolute atomic E-state index is 0.173. The zero-order valence-electron chi connectivity index (χ0n) is 12.1. The fourth-order valence-electron chi connectivity index (χ4n) is 3.07. The molecule has 2 N–H and O–H groups in total. The zero-order valence-corrected chi connectivity index (χ0v) is 12.1. The van der Waals surface area contributed by atoms with Gasteiger partial charge in [0.25, 0.3) is 5.91 Å². The summed E-state index contributed by atoms with van der Waals surface area (Å²) in [4.78, 5) is 19.7. The average molecular weight is 281 g/mol. The van der Waals surface area contributed by atoms with Gasteiger partial charge in [0.1, 0.15) is 5.82 Å². The van der Waals surface area contributed by atoms with Crippen LogP contribution < -0.4 is 5.32 Å². The molecule has 3 rings (SSSR count). The Kier molecular flexibility index (Phi) is 3.92. The summed E-state index contributed by atoms with van der Waals surface area (Å²) in [6, 6.07) is 8.28. The van der Waals surface area contributed by atoms with Crippen LogP contribution in [0, 0.1) is 11.8 Å². The summed E-state index contributed by atoms with van der Waals surface area (Å²) < 4.78 is 0. The van der Waals surface area contributed by atoms with Gasteiger partial charge in [-0.25, -0.2) is 4.98 Å². The van der Waals surface area contributed by atoms with E-state index < -0.39 is 0 Å². The first-order valence-electron chi connectivity index (χ1n) is 7.44. The van der Waals surface area contributed by atoms with Crippen LogP contribution in [0.3, 0.4) is 0 Å². The minimum Gasteiger partial charge on any atom is -0.343 e. The van der Waals surface area contributed by atoms with Gasteiger partial charge in [-0.1, -0.05) is 24.5 Å². The van der Waals surface area contributed by atoms with Crippen molar-refractivity contribution in [2.24, 2.45) is 0 Å². The Morgan fingerprint density at radius 2 is 2.24 bits per heavy atom. The molecule has 21 heavy (non-hydrogen) atoms. The van der Waals surface area contributed by atoms with E-state index in [1.54, 1.807) is 6.92 Å². The van der Waals surface area contributed by atoms with E-state index in [9.17, 15) is 4.79 Å². The molecule has 1 aromatic carbocycles. The lowest BCUT2D eigenvalue weighted by Gasteiger charge is -2.28. The van der Waals surface area contributed by atoms with Crippen LogP contribution >= 0.6 is 0 Å². The van der Waals surface area contributed by atoms with Crippen LogP contribution in [-0.4, -0.2) is 21.9 Å². The highest BCUT2D eigenvalue weighted by molar-refractivity contribution is 5.93. The fourth-order valence-corrected chi connectivity index (χ4v) is 3.07. The number of nitrogens with one attached hydrogen (secondary N) is 2. The van der Waals surface area contributed by atoms with Crippen LogP contribution in [0.15, 0.2) is 24.3 Å². The normalized spacial score (nSPS) is 21.6. The van der Waals surface area contributed by atoms with E-state index in [4.69, 9.17) is 4.98 Å². The van der Waals surface area contributed by atoms with Gasteiger partial charge in [0, 0.05) is 12.0 Å². The molecule has 0 aliphatic heterocycles. The molecule has 4 heteroatoms. The molecule has 0 bridgehead atoms. The van der Waals surface area contributed by atoms with Crippen LogP contribution in [0.25, 0.3) is 11.0 Å². The monoisotopic (exact) mass is 281 g/mol. The largest absolute Gasteiger partial charge is 0.343 e. The number of benzene rings is 1. The summed E-state index contributed by atoms with van der Waals surface area (Å²) in [6.45, 7) is 1.68. The molecule has 2 aromatic rings. The molecule has 0 radical (unpaired) electrons. The standard InChI is InChI=1S/C17H19N3O/c1-2-6-16(21)18-13-8-5-7-12(11-13)17-19-14-9-3-4-10-15(14)20-17/h3-4,9-10,12-13H,5,7-8,11H2,1H3,(H,18,21)(H,19,20). The molecular formula is C17H19N3O. The molecule has 1 amide bonds. The predicted octanol–water partition coefficient (Wildman–Crippen LogP) is 2.73. The number of aromatic amines is 1. The fraction of sp³-hybridized carbons (Fsp3) is 0.412. The summed E-state index contributed by atoms with van der Waals surface area (Å²) in [5.74, 6) is 6.43. The third-order valence-electron chi connectivity index (χ3n) is 4.04. The lowest BCUT2D eigenvalue weighted by Crippen LogP contribution is -2.37. The highest BCUT2D eigenvalue weighted by atomic mass is 16.1. The SMILES string of the molecule is CC#CC(=O)NC1CCCC(c2nc3ccccc3[nH]2)C1. The highest BCUT2D eigenvalue weighted by Crippen LogP contribution is 2.32. The second-order valence-corrected chi connectivity index (χ2v) is 5.55. The first kappa shape index (κ1) is 13.7. The number of H-pyrrole nitrogens is 1. The molecule has 1 fully saturated rings. The predicted molar refractivity (Wildman–Crippen MR) is 82.7 cm³/mol. The van der Waals surface area contributed by atoms with Crippen molar-refractivity contribution in [3.05, 3.63) is 30.1 Å². The van der Waals surface area contributed by atoms with Crippen molar-refractivity contribution < 1.29 is 4.79 Å². The number of para-hydroxylation sites is 2. The van der Waals surface area contributed by atoms with Gasteiger partial charge in [-0.05, 0) is 44.2 Å². The molecular weight excluding hydrogens is 262 g/mol. The average Bonchev–Trinajstić information content (AvgIpc) is 2.91. The van der Waals surface area contributed by atoms with Crippen molar-refractivity contribution in [3.8, 4) is 11.8 Å². The number of fused-ring (bicyclic) bond motifs is 1. The van der Waals surface area contributed by atoms with E-state index in [0.29, 0.717) is 5.92 Å². The second-order valence-electron chi connectivity index (χ2n) is 5.55. The minimum atomic E-state index is -0.173. The van der Waals surface area contributed by atoms with E-state index in [1.807, 2.05) is 24.3 Å². The molecule has 2 unspecified atom stereocenters. The maximum absolute atomic E-state index is 11.6. The van der Waals surface area contributed by atoms with E-state index >= 15 is 0 Å². The van der Waals surface area contributed by atoms with Crippen molar-refractivity contribution in [2.75, 3.05) is 0 Å². The summed E-state index contributed by atoms with van der Waals surface area (Å²) in [7, 11) is 0. The van der Waals surface area contributed by atoms with Gasteiger partial charge in [0.2, 0.25) is 0 Å². The third-order valence-corrected chi connectivity index (χ3v) is 4.04. The van der Waals surface area contributed by atoms with E-state index in [0.717, 1.165) is 42.5 Å². The molecule has 4 nitrogen and oxygen atoms in total. The lowest BCUT2D eigenvalue weighted by atomic mass is 9.85. The second kappa shape index (κ2) is 6.01. The first-order chi connectivity index (χ1) is 10.3. The molecule has 108 valence electrons. The van der Waals surface area contributed by atoms with Gasteiger partial charge in [-0.3, -0.25) is 4.79 Å². The zero-order chi connectivity index (χ0) is 14.7. The van der Waals surface area contributed by atoms with Gasteiger partial charge in [0.05, 0.1) is 11.0 Å². The smallest absolute Gasteiger partial charge is 0.296 e. The van der Waals surface area contributed by atoms with E-state index in [2.05, 4.69) is 22.1 Å². The first-order valence-corrected chi connectivity index (χ1v) is 7.44. The number of amides is 1. The maximum atomic E-state index is 11.6.